The highest BCUT2D eigenvalue weighted by Gasteiger charge is 2.26. The van der Waals surface area contributed by atoms with Crippen LogP contribution < -0.4 is 9.64 Å². The maximum Gasteiger partial charge on any atom is 0.254 e. The lowest BCUT2D eigenvalue weighted by molar-refractivity contribution is -0.134. The van der Waals surface area contributed by atoms with Gasteiger partial charge in [-0.05, 0) is 30.3 Å². The number of rotatable bonds is 8. The van der Waals surface area contributed by atoms with E-state index in [2.05, 4.69) is 6.07 Å². The Hall–Kier alpha value is -3.86. The lowest BCUT2D eigenvalue weighted by Crippen LogP contribution is -2.50. The van der Waals surface area contributed by atoms with Crippen LogP contribution in [0.25, 0.3) is 0 Å². The zero-order valence-electron chi connectivity index (χ0n) is 18.8. The van der Waals surface area contributed by atoms with Gasteiger partial charge in [0.05, 0.1) is 19.6 Å². The van der Waals surface area contributed by atoms with E-state index in [1.807, 2.05) is 30.3 Å². The summed E-state index contributed by atoms with van der Waals surface area (Å²) in [7, 11) is 1.56. The summed E-state index contributed by atoms with van der Waals surface area (Å²) in [6.07, 6.45) is 0.387. The number of nitrogens with zero attached hydrogens (tertiary/aromatic N) is 4. The summed E-state index contributed by atoms with van der Waals surface area (Å²) in [4.78, 5) is 43.2. The smallest absolute Gasteiger partial charge is 0.254 e. The molecule has 0 atom stereocenters. The summed E-state index contributed by atoms with van der Waals surface area (Å²) < 4.78 is 5.18. The molecule has 33 heavy (non-hydrogen) atoms. The highest BCUT2D eigenvalue weighted by Crippen LogP contribution is 2.18. The summed E-state index contributed by atoms with van der Waals surface area (Å²) in [6.45, 7) is 2.03. The van der Waals surface area contributed by atoms with E-state index in [9.17, 15) is 14.4 Å². The number of para-hydroxylation sites is 1. The Morgan fingerprint density at radius 3 is 2.33 bits per heavy atom. The Morgan fingerprint density at radius 2 is 1.67 bits per heavy atom. The summed E-state index contributed by atoms with van der Waals surface area (Å²) in [6, 6.07) is 18.2. The van der Waals surface area contributed by atoms with Crippen molar-refractivity contribution in [2.45, 2.75) is 19.3 Å². The third kappa shape index (κ3) is 6.32. The predicted octanol–water partition coefficient (Wildman–Crippen LogP) is 2.71. The number of benzene rings is 2. The molecule has 2 aromatic rings. The van der Waals surface area contributed by atoms with Gasteiger partial charge in [-0.1, -0.05) is 24.3 Å². The molecule has 3 rings (SSSR count). The van der Waals surface area contributed by atoms with Crippen molar-refractivity contribution in [3.05, 3.63) is 60.2 Å². The number of amides is 3. The molecule has 1 fully saturated rings. The third-order valence-electron chi connectivity index (χ3n) is 5.61. The average Bonchev–Trinajstić information content (AvgIpc) is 2.87. The van der Waals surface area contributed by atoms with Crippen molar-refractivity contribution in [3.63, 3.8) is 0 Å². The molecule has 0 radical (unpaired) electrons. The Balaban J connectivity index is 1.50. The van der Waals surface area contributed by atoms with Crippen LogP contribution in [0.4, 0.5) is 5.69 Å². The number of carbonyl (C=O) groups excluding carboxylic acids is 3. The van der Waals surface area contributed by atoms with Gasteiger partial charge in [0.25, 0.3) is 5.91 Å². The zero-order chi connectivity index (χ0) is 23.6. The van der Waals surface area contributed by atoms with Gasteiger partial charge in [0.2, 0.25) is 11.8 Å². The molecule has 1 aliphatic heterocycles. The molecule has 8 nitrogen and oxygen atoms in total. The molecule has 0 unspecified atom stereocenters. The number of hydrogen-bond donors (Lipinski definition) is 0. The van der Waals surface area contributed by atoms with Crippen molar-refractivity contribution in [3.8, 4) is 11.8 Å². The Bertz CT molecular complexity index is 1010. The molecule has 0 aliphatic carbocycles. The molecule has 8 heteroatoms. The predicted molar refractivity (Wildman–Crippen MR) is 124 cm³/mol. The van der Waals surface area contributed by atoms with E-state index >= 15 is 0 Å². The van der Waals surface area contributed by atoms with Crippen molar-refractivity contribution in [1.82, 2.24) is 9.80 Å². The molecule has 0 N–H and O–H groups in total. The van der Waals surface area contributed by atoms with E-state index in [4.69, 9.17) is 10.00 Å². The molecule has 2 aromatic carbocycles. The average molecular weight is 449 g/mol. The maximum absolute atomic E-state index is 12.8. The van der Waals surface area contributed by atoms with Gasteiger partial charge in [-0.3, -0.25) is 14.4 Å². The van der Waals surface area contributed by atoms with Crippen LogP contribution in [0.5, 0.6) is 5.75 Å². The third-order valence-corrected chi connectivity index (χ3v) is 5.61. The first-order valence-electron chi connectivity index (χ1n) is 11.0. The van der Waals surface area contributed by atoms with Crippen LogP contribution >= 0.6 is 0 Å². The molecule has 0 bridgehead atoms. The van der Waals surface area contributed by atoms with E-state index in [1.165, 1.54) is 0 Å². The molecular weight excluding hydrogens is 420 g/mol. The highest BCUT2D eigenvalue weighted by molar-refractivity contribution is 5.96. The number of hydrogen-bond acceptors (Lipinski definition) is 5. The summed E-state index contributed by atoms with van der Waals surface area (Å²) in [5, 5.41) is 8.91. The molecule has 0 aromatic heterocycles. The van der Waals surface area contributed by atoms with Crippen molar-refractivity contribution in [2.75, 3.05) is 44.7 Å². The van der Waals surface area contributed by atoms with Crippen LogP contribution in [0.15, 0.2) is 54.6 Å². The Kier molecular flexibility index (Phi) is 8.42. The van der Waals surface area contributed by atoms with Crippen molar-refractivity contribution in [2.24, 2.45) is 0 Å². The first kappa shape index (κ1) is 23.8. The molecular formula is C25H28N4O4. The second kappa shape index (κ2) is 11.7. The number of carbonyl (C=O) groups is 3. The second-order valence-electron chi connectivity index (χ2n) is 7.69. The van der Waals surface area contributed by atoms with Gasteiger partial charge in [0.15, 0.2) is 0 Å². The first-order valence-corrected chi connectivity index (χ1v) is 11.0. The second-order valence-corrected chi connectivity index (χ2v) is 7.69. The number of nitriles is 1. The topological polar surface area (TPSA) is 93.9 Å². The van der Waals surface area contributed by atoms with Gasteiger partial charge in [0.1, 0.15) is 5.75 Å². The first-order chi connectivity index (χ1) is 16.0. The lowest BCUT2D eigenvalue weighted by atomic mass is 10.1. The van der Waals surface area contributed by atoms with E-state index in [0.717, 1.165) is 5.69 Å². The normalized spacial score (nSPS) is 13.2. The molecule has 3 amide bonds. The number of methoxy groups -OCH3 is 1. The van der Waals surface area contributed by atoms with Crippen LogP contribution in [-0.4, -0.2) is 67.4 Å². The highest BCUT2D eigenvalue weighted by atomic mass is 16.5. The molecule has 172 valence electrons. The largest absolute Gasteiger partial charge is 0.497 e. The van der Waals surface area contributed by atoms with Crippen molar-refractivity contribution < 1.29 is 19.1 Å². The van der Waals surface area contributed by atoms with Crippen molar-refractivity contribution in [1.29, 1.82) is 5.26 Å². The standard InChI is InChI=1S/C25H28N4O4/c1-33-22-10-5-7-20(19-22)25(32)28-17-15-27(16-18-28)23(30)11-12-24(31)29(14-6-13-26)21-8-3-2-4-9-21/h2-5,7-10,19H,6,11-12,14-18H2,1H3. The van der Waals surface area contributed by atoms with Gasteiger partial charge in [-0.15, -0.1) is 0 Å². The van der Waals surface area contributed by atoms with Crippen LogP contribution in [0.3, 0.4) is 0 Å². The van der Waals surface area contributed by atoms with Crippen LogP contribution in [-0.2, 0) is 9.59 Å². The van der Waals surface area contributed by atoms with E-state index in [-0.39, 0.29) is 37.0 Å². The SMILES string of the molecule is COc1cccc(C(=O)N2CCN(C(=O)CCC(=O)N(CCC#N)c3ccccc3)CC2)c1. The Morgan fingerprint density at radius 1 is 0.970 bits per heavy atom. The van der Waals surface area contributed by atoms with Crippen LogP contribution in [0, 0.1) is 11.3 Å². The number of anilines is 1. The fourth-order valence-electron chi connectivity index (χ4n) is 3.77. The van der Waals surface area contributed by atoms with Crippen LogP contribution in [0.1, 0.15) is 29.6 Å². The molecule has 1 aliphatic rings. The minimum absolute atomic E-state index is 0.0715. The van der Waals surface area contributed by atoms with E-state index in [0.29, 0.717) is 44.0 Å². The van der Waals surface area contributed by atoms with Gasteiger partial charge < -0.3 is 19.4 Å². The molecule has 1 saturated heterocycles. The zero-order valence-corrected chi connectivity index (χ0v) is 18.8. The monoisotopic (exact) mass is 448 g/mol. The fraction of sp³-hybridized carbons (Fsp3) is 0.360. The summed E-state index contributed by atoms with van der Waals surface area (Å²) >= 11 is 0. The molecule has 1 heterocycles. The quantitative estimate of drug-likeness (QED) is 0.619. The minimum atomic E-state index is -0.184. The Labute approximate surface area is 193 Å². The van der Waals surface area contributed by atoms with Gasteiger partial charge in [0, 0.05) is 56.8 Å². The van der Waals surface area contributed by atoms with Gasteiger partial charge in [-0.25, -0.2) is 0 Å². The minimum Gasteiger partial charge on any atom is -0.497 e. The number of ether oxygens (including phenoxy) is 1. The number of piperazine rings is 1. The van der Waals surface area contributed by atoms with Gasteiger partial charge >= 0.3 is 0 Å². The van der Waals surface area contributed by atoms with Crippen LogP contribution in [0.2, 0.25) is 0 Å². The maximum atomic E-state index is 12.8. The van der Waals surface area contributed by atoms with Crippen molar-refractivity contribution >= 4 is 23.4 Å². The van der Waals surface area contributed by atoms with E-state index < -0.39 is 0 Å². The fourth-order valence-corrected chi connectivity index (χ4v) is 3.77. The molecule has 0 spiro atoms. The summed E-state index contributed by atoms with van der Waals surface area (Å²) in [5.74, 6) is 0.243. The summed E-state index contributed by atoms with van der Waals surface area (Å²) in [5.41, 5.74) is 1.27. The van der Waals surface area contributed by atoms with E-state index in [1.54, 1.807) is 46.1 Å². The lowest BCUT2D eigenvalue weighted by Gasteiger charge is -2.35. The molecule has 0 saturated carbocycles. The van der Waals surface area contributed by atoms with Gasteiger partial charge in [-0.2, -0.15) is 5.26 Å².